The predicted molar refractivity (Wildman–Crippen MR) is 88.7 cm³/mol. The molecule has 0 N–H and O–H groups in total. The Morgan fingerprint density at radius 1 is 1.38 bits per heavy atom. The van der Waals surface area contributed by atoms with E-state index in [1.807, 2.05) is 19.9 Å². The Morgan fingerprint density at radius 2 is 2.14 bits per heavy atom. The van der Waals surface area contributed by atoms with Crippen LogP contribution >= 0.6 is 11.3 Å². The summed E-state index contributed by atoms with van der Waals surface area (Å²) in [6, 6.07) is 0.128. The van der Waals surface area contributed by atoms with E-state index in [0.29, 0.717) is 0 Å². The minimum absolute atomic E-state index is 0.0645. The summed E-state index contributed by atoms with van der Waals surface area (Å²) < 4.78 is 2.46. The van der Waals surface area contributed by atoms with E-state index < -0.39 is 0 Å². The van der Waals surface area contributed by atoms with Gasteiger partial charge in [0.25, 0.3) is 5.56 Å². The Hall–Kier alpha value is -1.88. The fourth-order valence-electron chi connectivity index (χ4n) is 2.60. The molecule has 0 saturated carbocycles. The number of hydrogen-bond donors (Lipinski definition) is 0. The second-order valence-corrected chi connectivity index (χ2v) is 6.75. The summed E-state index contributed by atoms with van der Waals surface area (Å²) in [6.07, 6.45) is 7.89. The van der Waals surface area contributed by atoms with Crippen molar-refractivity contribution in [3.8, 4) is 0 Å². The number of allylic oxidation sites excluding steroid dienone is 2. The number of hydrogen-bond acceptors (Lipinski definition) is 4. The van der Waals surface area contributed by atoms with E-state index in [-0.39, 0.29) is 11.6 Å². The normalized spacial score (nSPS) is 15.1. The molecule has 0 aliphatic carbocycles. The number of aryl methyl sites for hydroxylation is 1. The van der Waals surface area contributed by atoms with Gasteiger partial charge in [0, 0.05) is 24.5 Å². The van der Waals surface area contributed by atoms with Crippen molar-refractivity contribution in [2.24, 2.45) is 0 Å². The van der Waals surface area contributed by atoms with Gasteiger partial charge in [-0.2, -0.15) is 0 Å². The van der Waals surface area contributed by atoms with Crippen LogP contribution in [0.25, 0.3) is 15.8 Å². The molecule has 0 aromatic carbocycles. The van der Waals surface area contributed by atoms with Crippen LogP contribution in [-0.2, 0) is 0 Å². The number of thiophene rings is 1. The zero-order chi connectivity index (χ0) is 15.1. The van der Waals surface area contributed by atoms with Crippen LogP contribution in [-0.4, -0.2) is 28.0 Å². The highest BCUT2D eigenvalue weighted by Crippen LogP contribution is 2.33. The molecule has 0 fully saturated rings. The van der Waals surface area contributed by atoms with Gasteiger partial charge in [0.2, 0.25) is 0 Å². The molecule has 0 atom stereocenters. The smallest absolute Gasteiger partial charge is 0.271 e. The van der Waals surface area contributed by atoms with Gasteiger partial charge in [-0.3, -0.25) is 9.36 Å². The lowest BCUT2D eigenvalue weighted by Crippen LogP contribution is -2.21. The fraction of sp³-hybridized carbons (Fsp3) is 0.375. The standard InChI is InChI=1S/C16H19N3OS/c1-10(2)19-9-17-13-11(3)14(21-15(13)16(19)20)12-6-5-7-18(4)8-12/h5-7,9-10H,8H2,1-4H3. The van der Waals surface area contributed by atoms with E-state index in [2.05, 4.69) is 36.1 Å². The Balaban J connectivity index is 2.21. The summed E-state index contributed by atoms with van der Waals surface area (Å²) in [7, 11) is 2.05. The average molecular weight is 301 g/mol. The maximum atomic E-state index is 12.6. The largest absolute Gasteiger partial charge is 0.376 e. The minimum Gasteiger partial charge on any atom is -0.376 e. The van der Waals surface area contributed by atoms with Crippen LogP contribution in [0.1, 0.15) is 30.3 Å². The molecule has 2 aromatic heterocycles. The van der Waals surface area contributed by atoms with Crippen LogP contribution in [0.15, 0.2) is 29.5 Å². The molecule has 0 spiro atoms. The quantitative estimate of drug-likeness (QED) is 0.855. The Bertz CT molecular complexity index is 811. The number of fused-ring (bicyclic) bond motifs is 1. The molecule has 0 saturated heterocycles. The lowest BCUT2D eigenvalue weighted by atomic mass is 10.1. The Kier molecular flexibility index (Phi) is 3.45. The van der Waals surface area contributed by atoms with Crippen molar-refractivity contribution in [3.63, 3.8) is 0 Å². The van der Waals surface area contributed by atoms with Gasteiger partial charge >= 0.3 is 0 Å². The molecule has 0 bridgehead atoms. The highest BCUT2D eigenvalue weighted by Gasteiger charge is 2.18. The first-order valence-electron chi connectivity index (χ1n) is 7.07. The Morgan fingerprint density at radius 3 is 2.81 bits per heavy atom. The molecule has 5 heteroatoms. The molecule has 1 aliphatic heterocycles. The number of likely N-dealkylation sites (N-methyl/N-ethyl adjacent to an activating group) is 1. The van der Waals surface area contributed by atoms with Gasteiger partial charge in [-0.05, 0) is 44.2 Å². The lowest BCUT2D eigenvalue weighted by Gasteiger charge is -2.19. The molecular formula is C16H19N3OS. The topological polar surface area (TPSA) is 38.1 Å². The summed E-state index contributed by atoms with van der Waals surface area (Å²) in [5, 5.41) is 0. The fourth-order valence-corrected chi connectivity index (χ4v) is 3.81. The molecule has 4 nitrogen and oxygen atoms in total. The van der Waals surface area contributed by atoms with Gasteiger partial charge in [0.1, 0.15) is 4.70 Å². The van der Waals surface area contributed by atoms with Crippen molar-refractivity contribution in [2.45, 2.75) is 26.8 Å². The Labute approximate surface area is 128 Å². The maximum absolute atomic E-state index is 12.6. The number of nitrogens with zero attached hydrogens (tertiary/aromatic N) is 3. The zero-order valence-electron chi connectivity index (χ0n) is 12.8. The van der Waals surface area contributed by atoms with Crippen LogP contribution < -0.4 is 5.56 Å². The van der Waals surface area contributed by atoms with E-state index in [0.717, 1.165) is 22.3 Å². The number of aromatic nitrogens is 2. The minimum atomic E-state index is 0.0645. The van der Waals surface area contributed by atoms with Crippen LogP contribution in [0.4, 0.5) is 0 Å². The van der Waals surface area contributed by atoms with E-state index >= 15 is 0 Å². The van der Waals surface area contributed by atoms with Crippen molar-refractivity contribution < 1.29 is 0 Å². The monoisotopic (exact) mass is 301 g/mol. The van der Waals surface area contributed by atoms with Crippen molar-refractivity contribution in [2.75, 3.05) is 13.6 Å². The third kappa shape index (κ3) is 2.31. The highest BCUT2D eigenvalue weighted by atomic mass is 32.1. The third-order valence-electron chi connectivity index (χ3n) is 3.76. The molecule has 1 aliphatic rings. The zero-order valence-corrected chi connectivity index (χ0v) is 13.6. The van der Waals surface area contributed by atoms with E-state index in [9.17, 15) is 4.79 Å². The van der Waals surface area contributed by atoms with Crippen molar-refractivity contribution in [1.29, 1.82) is 0 Å². The summed E-state index contributed by atoms with van der Waals surface area (Å²) >= 11 is 1.57. The van der Waals surface area contributed by atoms with Crippen LogP contribution in [0.3, 0.4) is 0 Å². The third-order valence-corrected chi connectivity index (χ3v) is 5.11. The highest BCUT2D eigenvalue weighted by molar-refractivity contribution is 7.20. The molecule has 110 valence electrons. The molecule has 3 rings (SSSR count). The summed E-state index contributed by atoms with van der Waals surface area (Å²) in [4.78, 5) is 20.4. The number of rotatable bonds is 2. The average Bonchev–Trinajstić information content (AvgIpc) is 2.77. The van der Waals surface area contributed by atoms with Gasteiger partial charge in [-0.1, -0.05) is 6.08 Å². The first kappa shape index (κ1) is 14.1. The molecule has 21 heavy (non-hydrogen) atoms. The van der Waals surface area contributed by atoms with Crippen molar-refractivity contribution in [1.82, 2.24) is 14.5 Å². The molecule has 0 amide bonds. The van der Waals surface area contributed by atoms with Crippen LogP contribution in [0.5, 0.6) is 0 Å². The maximum Gasteiger partial charge on any atom is 0.271 e. The molecule has 3 heterocycles. The lowest BCUT2D eigenvalue weighted by molar-refractivity contribution is 0.513. The van der Waals surface area contributed by atoms with Gasteiger partial charge in [0.15, 0.2) is 0 Å². The second kappa shape index (κ2) is 5.15. The molecule has 0 unspecified atom stereocenters. The van der Waals surface area contributed by atoms with E-state index in [1.165, 1.54) is 10.5 Å². The van der Waals surface area contributed by atoms with Gasteiger partial charge in [-0.25, -0.2) is 4.98 Å². The summed E-state index contributed by atoms with van der Waals surface area (Å²) in [6.45, 7) is 6.92. The summed E-state index contributed by atoms with van der Waals surface area (Å²) in [5.74, 6) is 0. The van der Waals surface area contributed by atoms with Crippen LogP contribution in [0.2, 0.25) is 0 Å². The first-order chi connectivity index (χ1) is 9.99. The van der Waals surface area contributed by atoms with Crippen LogP contribution in [0, 0.1) is 6.92 Å². The van der Waals surface area contributed by atoms with Gasteiger partial charge in [0.05, 0.1) is 11.8 Å². The predicted octanol–water partition coefficient (Wildman–Crippen LogP) is 3.19. The van der Waals surface area contributed by atoms with E-state index in [1.54, 1.807) is 22.2 Å². The van der Waals surface area contributed by atoms with Gasteiger partial charge < -0.3 is 4.90 Å². The molecule has 0 radical (unpaired) electrons. The molecular weight excluding hydrogens is 282 g/mol. The van der Waals surface area contributed by atoms with Crippen molar-refractivity contribution >= 4 is 27.1 Å². The van der Waals surface area contributed by atoms with Crippen molar-refractivity contribution in [3.05, 3.63) is 45.5 Å². The second-order valence-electron chi connectivity index (χ2n) is 5.73. The summed E-state index contributed by atoms with van der Waals surface area (Å²) in [5.41, 5.74) is 3.26. The molecule has 2 aromatic rings. The van der Waals surface area contributed by atoms with E-state index in [4.69, 9.17) is 0 Å². The van der Waals surface area contributed by atoms with Gasteiger partial charge in [-0.15, -0.1) is 11.3 Å². The first-order valence-corrected chi connectivity index (χ1v) is 7.89. The SMILES string of the molecule is Cc1c(C2=CC=CN(C)C2)sc2c(=O)n(C(C)C)cnc12.